The van der Waals surface area contributed by atoms with E-state index in [0.717, 1.165) is 5.56 Å². The zero-order chi connectivity index (χ0) is 13.4. The molecule has 0 aliphatic heterocycles. The van der Waals surface area contributed by atoms with Crippen LogP contribution in [0.4, 0.5) is 4.39 Å². The molecule has 1 N–H and O–H groups in total. The molecule has 0 fully saturated rings. The van der Waals surface area contributed by atoms with Gasteiger partial charge in [-0.15, -0.1) is 0 Å². The molecule has 0 aliphatic carbocycles. The highest BCUT2D eigenvalue weighted by Crippen LogP contribution is 2.29. The molecule has 19 heavy (non-hydrogen) atoms. The Labute approximate surface area is 114 Å². The Morgan fingerprint density at radius 1 is 1.21 bits per heavy atom. The van der Waals surface area contributed by atoms with Crippen LogP contribution in [0, 0.1) is 5.82 Å². The summed E-state index contributed by atoms with van der Waals surface area (Å²) in [4.78, 5) is 7.47. The van der Waals surface area contributed by atoms with E-state index in [2.05, 4.69) is 9.97 Å². The second kappa shape index (κ2) is 4.55. The molecule has 0 saturated carbocycles. The number of benzene rings is 2. The molecule has 96 valence electrons. The molecule has 3 nitrogen and oxygen atoms in total. The summed E-state index contributed by atoms with van der Waals surface area (Å²) in [5, 5.41) is 0.506. The zero-order valence-electron chi connectivity index (χ0n) is 10.1. The molecule has 0 unspecified atom stereocenters. The molecule has 0 amide bonds. The van der Waals surface area contributed by atoms with Crippen molar-refractivity contribution in [3.05, 3.63) is 47.2 Å². The Morgan fingerprint density at radius 2 is 2.05 bits per heavy atom. The van der Waals surface area contributed by atoms with Gasteiger partial charge < -0.3 is 9.72 Å². The number of hydrogen-bond acceptors (Lipinski definition) is 2. The molecule has 3 rings (SSSR count). The van der Waals surface area contributed by atoms with Crippen LogP contribution in [-0.4, -0.2) is 17.1 Å². The van der Waals surface area contributed by atoms with Gasteiger partial charge in [-0.3, -0.25) is 0 Å². The lowest BCUT2D eigenvalue weighted by molar-refractivity contribution is 0.415. The van der Waals surface area contributed by atoms with E-state index < -0.39 is 0 Å². The Bertz CT molecular complexity index is 754. The smallest absolute Gasteiger partial charge is 0.138 e. The van der Waals surface area contributed by atoms with E-state index >= 15 is 0 Å². The normalized spacial score (nSPS) is 10.9. The van der Waals surface area contributed by atoms with Crippen LogP contribution in [0.5, 0.6) is 5.75 Å². The summed E-state index contributed by atoms with van der Waals surface area (Å²) < 4.78 is 18.2. The molecule has 0 bridgehead atoms. The third-order valence-electron chi connectivity index (χ3n) is 2.87. The van der Waals surface area contributed by atoms with Crippen molar-refractivity contribution in [1.82, 2.24) is 9.97 Å². The largest absolute Gasteiger partial charge is 0.495 e. The van der Waals surface area contributed by atoms with Crippen LogP contribution in [0.25, 0.3) is 22.4 Å². The molecule has 0 atom stereocenters. The number of nitrogens with zero attached hydrogens (tertiary/aromatic N) is 1. The number of imidazole rings is 1. The van der Waals surface area contributed by atoms with Gasteiger partial charge in [0.05, 0.1) is 23.2 Å². The summed E-state index contributed by atoms with van der Waals surface area (Å²) in [7, 11) is 1.56. The lowest BCUT2D eigenvalue weighted by atomic mass is 10.2. The number of fused-ring (bicyclic) bond motifs is 1. The topological polar surface area (TPSA) is 37.9 Å². The van der Waals surface area contributed by atoms with Gasteiger partial charge in [0.2, 0.25) is 0 Å². The summed E-state index contributed by atoms with van der Waals surface area (Å²) in [6.45, 7) is 0. The number of H-pyrrole nitrogens is 1. The Kier molecular flexibility index (Phi) is 2.87. The fourth-order valence-electron chi connectivity index (χ4n) is 1.93. The van der Waals surface area contributed by atoms with E-state index in [-0.39, 0.29) is 5.82 Å². The van der Waals surface area contributed by atoms with E-state index in [9.17, 15) is 4.39 Å². The number of hydrogen-bond donors (Lipinski definition) is 1. The minimum atomic E-state index is -0.296. The van der Waals surface area contributed by atoms with Crippen LogP contribution in [-0.2, 0) is 0 Å². The van der Waals surface area contributed by atoms with Gasteiger partial charge in [0, 0.05) is 5.56 Å². The monoisotopic (exact) mass is 276 g/mol. The molecule has 0 spiro atoms. The van der Waals surface area contributed by atoms with Gasteiger partial charge in [-0.1, -0.05) is 11.6 Å². The lowest BCUT2D eigenvalue weighted by Gasteiger charge is -2.03. The first kappa shape index (κ1) is 12.0. The minimum Gasteiger partial charge on any atom is -0.495 e. The van der Waals surface area contributed by atoms with Crippen molar-refractivity contribution in [2.24, 2.45) is 0 Å². The highest BCUT2D eigenvalue weighted by Gasteiger charge is 2.08. The van der Waals surface area contributed by atoms with Gasteiger partial charge in [0.1, 0.15) is 17.4 Å². The van der Waals surface area contributed by atoms with E-state index in [1.54, 1.807) is 25.3 Å². The predicted octanol–water partition coefficient (Wildman–Crippen LogP) is 4.03. The van der Waals surface area contributed by atoms with Crippen molar-refractivity contribution >= 4 is 22.6 Å². The van der Waals surface area contributed by atoms with Crippen molar-refractivity contribution in [2.45, 2.75) is 0 Å². The summed E-state index contributed by atoms with van der Waals surface area (Å²) in [6.07, 6.45) is 0. The minimum absolute atomic E-state index is 0.296. The van der Waals surface area contributed by atoms with Crippen LogP contribution in [0.1, 0.15) is 0 Å². The second-order valence-corrected chi connectivity index (χ2v) is 4.50. The first-order valence-corrected chi connectivity index (χ1v) is 6.04. The van der Waals surface area contributed by atoms with Crippen molar-refractivity contribution < 1.29 is 9.13 Å². The van der Waals surface area contributed by atoms with Crippen LogP contribution in [0.3, 0.4) is 0 Å². The summed E-state index contributed by atoms with van der Waals surface area (Å²) in [5.74, 6) is 0.952. The number of nitrogens with one attached hydrogen (secondary N) is 1. The quantitative estimate of drug-likeness (QED) is 0.767. The highest BCUT2D eigenvalue weighted by molar-refractivity contribution is 6.32. The molecular formula is C14H10ClFN2O. The molecule has 0 saturated heterocycles. The van der Waals surface area contributed by atoms with Gasteiger partial charge in [-0.25, -0.2) is 9.37 Å². The Balaban J connectivity index is 2.11. The Morgan fingerprint density at radius 3 is 2.79 bits per heavy atom. The maximum atomic E-state index is 13.1. The number of halogens is 2. The van der Waals surface area contributed by atoms with E-state index in [1.807, 2.05) is 6.07 Å². The predicted molar refractivity (Wildman–Crippen MR) is 73.0 cm³/mol. The van der Waals surface area contributed by atoms with Gasteiger partial charge in [-0.2, -0.15) is 0 Å². The molecule has 2 aromatic carbocycles. The standard InChI is InChI=1S/C14H10ClFN2O/c1-19-13-5-2-8(6-10(13)15)14-17-11-4-3-9(16)7-12(11)18-14/h2-7H,1H3,(H,17,18). The number of aromatic nitrogens is 2. The van der Waals surface area contributed by atoms with E-state index in [0.29, 0.717) is 27.6 Å². The van der Waals surface area contributed by atoms with Crippen molar-refractivity contribution in [2.75, 3.05) is 7.11 Å². The SMILES string of the molecule is COc1ccc(-c2nc3ccc(F)cc3[nH]2)cc1Cl. The molecule has 0 aliphatic rings. The van der Waals surface area contributed by atoms with Gasteiger partial charge in [0.25, 0.3) is 0 Å². The van der Waals surface area contributed by atoms with Gasteiger partial charge in [-0.05, 0) is 36.4 Å². The van der Waals surface area contributed by atoms with Crippen molar-refractivity contribution in [3.8, 4) is 17.1 Å². The third kappa shape index (κ3) is 2.15. The van der Waals surface area contributed by atoms with E-state index in [4.69, 9.17) is 16.3 Å². The molecular weight excluding hydrogens is 267 g/mol. The lowest BCUT2D eigenvalue weighted by Crippen LogP contribution is -1.86. The zero-order valence-corrected chi connectivity index (χ0v) is 10.8. The first-order chi connectivity index (χ1) is 9.17. The fraction of sp³-hybridized carbons (Fsp3) is 0.0714. The van der Waals surface area contributed by atoms with Gasteiger partial charge in [0.15, 0.2) is 0 Å². The molecule has 1 aromatic heterocycles. The highest BCUT2D eigenvalue weighted by atomic mass is 35.5. The van der Waals surface area contributed by atoms with Crippen molar-refractivity contribution in [3.63, 3.8) is 0 Å². The third-order valence-corrected chi connectivity index (χ3v) is 3.16. The summed E-state index contributed by atoms with van der Waals surface area (Å²) in [6, 6.07) is 9.80. The number of methoxy groups -OCH3 is 1. The maximum absolute atomic E-state index is 13.1. The maximum Gasteiger partial charge on any atom is 0.138 e. The number of aromatic amines is 1. The first-order valence-electron chi connectivity index (χ1n) is 5.66. The summed E-state index contributed by atoms with van der Waals surface area (Å²) in [5.41, 5.74) is 2.19. The molecule has 0 radical (unpaired) electrons. The second-order valence-electron chi connectivity index (χ2n) is 4.10. The fourth-order valence-corrected chi connectivity index (χ4v) is 2.19. The van der Waals surface area contributed by atoms with Crippen LogP contribution in [0.2, 0.25) is 5.02 Å². The van der Waals surface area contributed by atoms with Gasteiger partial charge >= 0.3 is 0 Å². The molecule has 1 heterocycles. The van der Waals surface area contributed by atoms with Crippen molar-refractivity contribution in [1.29, 1.82) is 0 Å². The average Bonchev–Trinajstić information content (AvgIpc) is 2.81. The summed E-state index contributed by atoms with van der Waals surface area (Å²) >= 11 is 6.08. The average molecular weight is 277 g/mol. The van der Waals surface area contributed by atoms with Crippen LogP contribution in [0.15, 0.2) is 36.4 Å². The molecule has 3 aromatic rings. The van der Waals surface area contributed by atoms with Crippen LogP contribution >= 0.6 is 11.6 Å². The number of ether oxygens (including phenoxy) is 1. The Hall–Kier alpha value is -2.07. The van der Waals surface area contributed by atoms with Crippen LogP contribution < -0.4 is 4.74 Å². The van der Waals surface area contributed by atoms with E-state index in [1.165, 1.54) is 12.1 Å². The molecule has 5 heteroatoms. The number of rotatable bonds is 2.